The molecule has 0 amide bonds. The van der Waals surface area contributed by atoms with E-state index in [0.717, 1.165) is 9.88 Å². The number of hydrogen-bond acceptors (Lipinski definition) is 6. The standard InChI is InChI=1S/C11H8N2O2S2/c1-7-9(11(14)15-5-4-12)17-10(13-7)8-3-2-6-16-8/h2-3,6H,5H2,1H3. The van der Waals surface area contributed by atoms with Crippen LogP contribution in [0.3, 0.4) is 0 Å². The molecular weight excluding hydrogens is 256 g/mol. The largest absolute Gasteiger partial charge is 0.446 e. The number of ether oxygens (including phenoxy) is 1. The van der Waals surface area contributed by atoms with Crippen molar-refractivity contribution >= 4 is 28.6 Å². The lowest BCUT2D eigenvalue weighted by Crippen LogP contribution is -2.04. The number of aromatic nitrogens is 1. The molecule has 0 aliphatic heterocycles. The number of carbonyl (C=O) groups is 1. The summed E-state index contributed by atoms with van der Waals surface area (Å²) in [6, 6.07) is 5.65. The van der Waals surface area contributed by atoms with Gasteiger partial charge in [0.25, 0.3) is 0 Å². The molecule has 2 rings (SSSR count). The SMILES string of the molecule is Cc1nc(-c2cccs2)sc1C(=O)OCC#N. The highest BCUT2D eigenvalue weighted by atomic mass is 32.1. The van der Waals surface area contributed by atoms with Gasteiger partial charge in [-0.15, -0.1) is 22.7 Å². The third-order valence-corrected chi connectivity index (χ3v) is 4.16. The maximum Gasteiger partial charge on any atom is 0.351 e. The van der Waals surface area contributed by atoms with Gasteiger partial charge in [-0.05, 0) is 18.4 Å². The molecule has 0 atom stereocenters. The smallest absolute Gasteiger partial charge is 0.351 e. The Morgan fingerprint density at radius 2 is 2.47 bits per heavy atom. The van der Waals surface area contributed by atoms with Gasteiger partial charge in [0.05, 0.1) is 10.6 Å². The number of esters is 1. The molecule has 0 aliphatic carbocycles. The van der Waals surface area contributed by atoms with E-state index in [1.54, 1.807) is 24.3 Å². The van der Waals surface area contributed by atoms with Gasteiger partial charge in [0.2, 0.25) is 0 Å². The number of rotatable bonds is 3. The number of nitriles is 1. The van der Waals surface area contributed by atoms with Gasteiger partial charge in [-0.2, -0.15) is 5.26 Å². The Bertz CT molecular complexity index is 567. The normalized spacial score (nSPS) is 9.88. The van der Waals surface area contributed by atoms with Crippen molar-refractivity contribution in [2.75, 3.05) is 6.61 Å². The van der Waals surface area contributed by atoms with Gasteiger partial charge in [-0.3, -0.25) is 0 Å². The van der Waals surface area contributed by atoms with Gasteiger partial charge in [0.15, 0.2) is 6.61 Å². The van der Waals surface area contributed by atoms with E-state index in [0.29, 0.717) is 10.6 Å². The van der Waals surface area contributed by atoms with Crippen LogP contribution >= 0.6 is 22.7 Å². The van der Waals surface area contributed by atoms with Gasteiger partial charge in [0, 0.05) is 0 Å². The monoisotopic (exact) mass is 264 g/mol. The van der Waals surface area contributed by atoms with Crippen LogP contribution in [0.4, 0.5) is 0 Å². The Morgan fingerprint density at radius 1 is 1.65 bits per heavy atom. The summed E-state index contributed by atoms with van der Waals surface area (Å²) < 4.78 is 4.76. The zero-order valence-electron chi connectivity index (χ0n) is 8.97. The van der Waals surface area contributed by atoms with E-state index in [4.69, 9.17) is 10.00 Å². The summed E-state index contributed by atoms with van der Waals surface area (Å²) in [7, 11) is 0. The van der Waals surface area contributed by atoms with Crippen LogP contribution in [0.2, 0.25) is 0 Å². The number of thiazole rings is 1. The number of thiophene rings is 1. The molecule has 0 aromatic carbocycles. The lowest BCUT2D eigenvalue weighted by atomic mass is 10.4. The molecule has 0 fully saturated rings. The molecule has 2 aromatic rings. The van der Waals surface area contributed by atoms with Crippen molar-refractivity contribution in [3.05, 3.63) is 28.1 Å². The fraction of sp³-hybridized carbons (Fsp3) is 0.182. The van der Waals surface area contributed by atoms with E-state index in [1.807, 2.05) is 17.5 Å². The molecule has 0 spiro atoms. The zero-order valence-corrected chi connectivity index (χ0v) is 10.6. The van der Waals surface area contributed by atoms with E-state index in [9.17, 15) is 4.79 Å². The van der Waals surface area contributed by atoms with Gasteiger partial charge in [-0.25, -0.2) is 9.78 Å². The first-order chi connectivity index (χ1) is 8.22. The van der Waals surface area contributed by atoms with Crippen molar-refractivity contribution < 1.29 is 9.53 Å². The van der Waals surface area contributed by atoms with E-state index in [2.05, 4.69) is 4.98 Å². The first-order valence-corrected chi connectivity index (χ1v) is 6.47. The predicted octanol–water partition coefficient (Wildman–Crippen LogP) is 2.86. The number of carbonyl (C=O) groups excluding carboxylic acids is 1. The number of hydrogen-bond donors (Lipinski definition) is 0. The minimum Gasteiger partial charge on any atom is -0.446 e. The van der Waals surface area contributed by atoms with Crippen LogP contribution in [0.5, 0.6) is 0 Å². The van der Waals surface area contributed by atoms with Crippen molar-refractivity contribution in [2.45, 2.75) is 6.92 Å². The second-order valence-electron chi connectivity index (χ2n) is 3.15. The van der Waals surface area contributed by atoms with Crippen LogP contribution in [0.15, 0.2) is 17.5 Å². The molecule has 17 heavy (non-hydrogen) atoms. The molecule has 0 unspecified atom stereocenters. The van der Waals surface area contributed by atoms with Crippen LogP contribution in [0.1, 0.15) is 15.4 Å². The minimum absolute atomic E-state index is 0.232. The maximum absolute atomic E-state index is 11.6. The molecule has 0 aliphatic rings. The molecule has 0 radical (unpaired) electrons. The Kier molecular flexibility index (Phi) is 3.52. The fourth-order valence-corrected chi connectivity index (χ4v) is 3.01. The number of nitrogens with zero attached hydrogens (tertiary/aromatic N) is 2. The lowest BCUT2D eigenvalue weighted by Gasteiger charge is -1.96. The van der Waals surface area contributed by atoms with Crippen molar-refractivity contribution in [3.63, 3.8) is 0 Å². The Balaban J connectivity index is 2.26. The highest BCUT2D eigenvalue weighted by Gasteiger charge is 2.17. The average molecular weight is 264 g/mol. The lowest BCUT2D eigenvalue weighted by molar-refractivity contribution is 0.0559. The molecule has 2 aromatic heterocycles. The van der Waals surface area contributed by atoms with Crippen molar-refractivity contribution in [1.82, 2.24) is 4.98 Å². The van der Waals surface area contributed by atoms with Gasteiger partial charge in [0.1, 0.15) is 16.0 Å². The average Bonchev–Trinajstić information content (AvgIpc) is 2.94. The van der Waals surface area contributed by atoms with Crippen LogP contribution in [-0.2, 0) is 4.74 Å². The second-order valence-corrected chi connectivity index (χ2v) is 5.09. The predicted molar refractivity (Wildman–Crippen MR) is 66.1 cm³/mol. The summed E-state index contributed by atoms with van der Waals surface area (Å²) in [5.74, 6) is -0.482. The molecular formula is C11H8N2O2S2. The van der Waals surface area contributed by atoms with E-state index >= 15 is 0 Å². The summed E-state index contributed by atoms with van der Waals surface area (Å²) in [6.45, 7) is 1.53. The highest BCUT2D eigenvalue weighted by Crippen LogP contribution is 2.31. The van der Waals surface area contributed by atoms with Crippen LogP contribution in [0, 0.1) is 18.3 Å². The second kappa shape index (κ2) is 5.08. The molecule has 0 saturated carbocycles. The third kappa shape index (κ3) is 2.52. The van der Waals surface area contributed by atoms with Crippen LogP contribution in [-0.4, -0.2) is 17.6 Å². The third-order valence-electron chi connectivity index (χ3n) is 1.98. The molecule has 0 saturated heterocycles. The first-order valence-electron chi connectivity index (χ1n) is 4.77. The van der Waals surface area contributed by atoms with E-state index in [-0.39, 0.29) is 6.61 Å². The topological polar surface area (TPSA) is 63.0 Å². The van der Waals surface area contributed by atoms with Crippen LogP contribution in [0.25, 0.3) is 9.88 Å². The molecule has 0 N–H and O–H groups in total. The first kappa shape index (κ1) is 11.8. The quantitative estimate of drug-likeness (QED) is 0.800. The zero-order chi connectivity index (χ0) is 12.3. The summed E-state index contributed by atoms with van der Waals surface area (Å²) in [5.41, 5.74) is 0.640. The van der Waals surface area contributed by atoms with Gasteiger partial charge >= 0.3 is 5.97 Å². The summed E-state index contributed by atoms with van der Waals surface area (Å²) >= 11 is 2.86. The summed E-state index contributed by atoms with van der Waals surface area (Å²) in [5, 5.41) is 11.1. The van der Waals surface area contributed by atoms with E-state index < -0.39 is 5.97 Å². The highest BCUT2D eigenvalue weighted by molar-refractivity contribution is 7.22. The van der Waals surface area contributed by atoms with Crippen molar-refractivity contribution in [3.8, 4) is 16.0 Å². The van der Waals surface area contributed by atoms with Crippen LogP contribution < -0.4 is 0 Å². The summed E-state index contributed by atoms with van der Waals surface area (Å²) in [6.07, 6.45) is 0. The van der Waals surface area contributed by atoms with Crippen molar-refractivity contribution in [2.24, 2.45) is 0 Å². The van der Waals surface area contributed by atoms with Crippen molar-refractivity contribution in [1.29, 1.82) is 5.26 Å². The fourth-order valence-electron chi connectivity index (χ4n) is 1.25. The Morgan fingerprint density at radius 3 is 3.12 bits per heavy atom. The minimum atomic E-state index is -0.482. The Labute approximate surface area is 106 Å². The summed E-state index contributed by atoms with van der Waals surface area (Å²) in [4.78, 5) is 17.4. The molecule has 0 bridgehead atoms. The number of aryl methyl sites for hydroxylation is 1. The van der Waals surface area contributed by atoms with Gasteiger partial charge < -0.3 is 4.74 Å². The van der Waals surface area contributed by atoms with Gasteiger partial charge in [-0.1, -0.05) is 6.07 Å². The Hall–Kier alpha value is -1.71. The molecule has 2 heterocycles. The molecule has 6 heteroatoms. The maximum atomic E-state index is 11.6. The molecule has 86 valence electrons. The molecule has 4 nitrogen and oxygen atoms in total. The van der Waals surface area contributed by atoms with E-state index in [1.165, 1.54) is 11.3 Å².